The van der Waals surface area contributed by atoms with E-state index in [4.69, 9.17) is 16.1 Å². The van der Waals surface area contributed by atoms with Gasteiger partial charge in [-0.25, -0.2) is 17.6 Å². The minimum absolute atomic E-state index is 0.0239. The van der Waals surface area contributed by atoms with E-state index < -0.39 is 23.0 Å². The number of phenols is 1. The molecule has 3 atom stereocenters. The van der Waals surface area contributed by atoms with Crippen molar-refractivity contribution in [3.63, 3.8) is 0 Å². The average Bonchev–Trinajstić information content (AvgIpc) is 3.94. The second-order valence-electron chi connectivity index (χ2n) is 15.4. The van der Waals surface area contributed by atoms with Crippen molar-refractivity contribution in [2.45, 2.75) is 63.0 Å². The summed E-state index contributed by atoms with van der Waals surface area (Å²) >= 11 is 0. The van der Waals surface area contributed by atoms with Gasteiger partial charge in [-0.3, -0.25) is 0 Å². The zero-order chi connectivity index (χ0) is 35.3. The van der Waals surface area contributed by atoms with Crippen LogP contribution < -0.4 is 15.0 Å². The SMILES string of the molecule is C#Cc1c(F)ccc2cc(O)cc(-c3c(C#N)cc4c(N5CC6CCC(C5)N6)nc(OCC5(CN6CCCC7(C6)CC7(F)F)CC5)nc4c3F)c12. The Bertz CT molecular complexity index is 2200. The number of likely N-dealkylation sites (tertiary alicyclic amines) is 1. The quantitative estimate of drug-likeness (QED) is 0.167. The number of nitriles is 1. The van der Waals surface area contributed by atoms with Gasteiger partial charge in [0.1, 0.15) is 22.9 Å². The molecule has 1 aromatic heterocycles. The molecule has 5 aliphatic rings. The van der Waals surface area contributed by atoms with Crippen LogP contribution in [0.5, 0.6) is 11.8 Å². The Morgan fingerprint density at radius 1 is 1.08 bits per heavy atom. The topological polar surface area (TPSA) is 97.5 Å². The number of hydrogen-bond donors (Lipinski definition) is 2. The number of fused-ring (bicyclic) bond motifs is 4. The fourth-order valence-electron chi connectivity index (χ4n) is 8.98. The minimum atomic E-state index is -2.59. The fourth-order valence-corrected chi connectivity index (χ4v) is 8.98. The van der Waals surface area contributed by atoms with E-state index in [0.29, 0.717) is 49.2 Å². The molecule has 51 heavy (non-hydrogen) atoms. The Balaban J connectivity index is 1.13. The number of aromatic hydroxyl groups is 1. The summed E-state index contributed by atoms with van der Waals surface area (Å²) in [7, 11) is 0. The summed E-state index contributed by atoms with van der Waals surface area (Å²) in [6.07, 6.45) is 10.7. The van der Waals surface area contributed by atoms with Crippen LogP contribution in [0.25, 0.3) is 32.8 Å². The summed E-state index contributed by atoms with van der Waals surface area (Å²) in [6.45, 7) is 3.29. The second-order valence-corrected chi connectivity index (χ2v) is 15.4. The maximum atomic E-state index is 17.2. The van der Waals surface area contributed by atoms with Crippen molar-refractivity contribution in [3.8, 4) is 41.3 Å². The first-order valence-corrected chi connectivity index (χ1v) is 17.6. The fraction of sp³-hybridized carbons (Fsp3) is 0.462. The van der Waals surface area contributed by atoms with Crippen LogP contribution in [-0.4, -0.2) is 77.3 Å². The largest absolute Gasteiger partial charge is 0.508 e. The number of benzene rings is 3. The van der Waals surface area contributed by atoms with E-state index in [0.717, 1.165) is 38.6 Å². The predicted octanol–water partition coefficient (Wildman–Crippen LogP) is 6.51. The van der Waals surface area contributed by atoms with Crippen LogP contribution >= 0.6 is 0 Å². The maximum Gasteiger partial charge on any atom is 0.319 e. The van der Waals surface area contributed by atoms with Gasteiger partial charge in [-0.2, -0.15) is 15.2 Å². The lowest BCUT2D eigenvalue weighted by molar-refractivity contribution is 0.0167. The van der Waals surface area contributed by atoms with Gasteiger partial charge in [-0.05, 0) is 80.3 Å². The van der Waals surface area contributed by atoms with Crippen molar-refractivity contribution in [3.05, 3.63) is 53.1 Å². The van der Waals surface area contributed by atoms with E-state index in [1.165, 1.54) is 24.3 Å². The van der Waals surface area contributed by atoms with Crippen LogP contribution in [0.2, 0.25) is 0 Å². The van der Waals surface area contributed by atoms with Crippen molar-refractivity contribution in [1.82, 2.24) is 20.2 Å². The summed E-state index contributed by atoms with van der Waals surface area (Å²) in [5.74, 6) is -1.53. The normalized spacial score (nSPS) is 26.0. The van der Waals surface area contributed by atoms with Crippen LogP contribution in [0, 0.1) is 46.1 Å². The number of alkyl halides is 2. The van der Waals surface area contributed by atoms with Crippen LogP contribution in [-0.2, 0) is 0 Å². The maximum absolute atomic E-state index is 17.2. The number of rotatable bonds is 7. The van der Waals surface area contributed by atoms with Gasteiger partial charge in [0.2, 0.25) is 0 Å². The number of ether oxygens (including phenoxy) is 1. The first-order chi connectivity index (χ1) is 24.5. The zero-order valence-corrected chi connectivity index (χ0v) is 27.9. The lowest BCUT2D eigenvalue weighted by Crippen LogP contribution is -2.51. The molecule has 2 N–H and O–H groups in total. The molecule has 2 saturated carbocycles. The molecule has 5 fully saturated rings. The van der Waals surface area contributed by atoms with Gasteiger partial charge in [0.05, 0.1) is 29.2 Å². The minimum Gasteiger partial charge on any atom is -0.508 e. The summed E-state index contributed by atoms with van der Waals surface area (Å²) < 4.78 is 67.0. The molecule has 2 bridgehead atoms. The van der Waals surface area contributed by atoms with Gasteiger partial charge in [-0.15, -0.1) is 6.42 Å². The Morgan fingerprint density at radius 3 is 2.53 bits per heavy atom. The molecule has 4 aromatic rings. The van der Waals surface area contributed by atoms with Gasteiger partial charge in [0.15, 0.2) is 5.82 Å². The molecule has 3 aromatic carbocycles. The molecule has 12 heteroatoms. The smallest absolute Gasteiger partial charge is 0.319 e. The van der Waals surface area contributed by atoms with Gasteiger partial charge >= 0.3 is 6.01 Å². The third-order valence-corrected chi connectivity index (χ3v) is 11.9. The van der Waals surface area contributed by atoms with Crippen LogP contribution in [0.1, 0.15) is 56.1 Å². The lowest BCUT2D eigenvalue weighted by Gasteiger charge is -2.35. The molecule has 9 rings (SSSR count). The van der Waals surface area contributed by atoms with Gasteiger partial charge < -0.3 is 25.0 Å². The highest BCUT2D eigenvalue weighted by molar-refractivity contribution is 6.05. The summed E-state index contributed by atoms with van der Waals surface area (Å²) in [4.78, 5) is 13.7. The highest BCUT2D eigenvalue weighted by atomic mass is 19.3. The molecule has 8 nitrogen and oxygen atoms in total. The number of halogens is 4. The number of terminal acetylenes is 1. The van der Waals surface area contributed by atoms with Crippen molar-refractivity contribution in [2.75, 3.05) is 44.2 Å². The van der Waals surface area contributed by atoms with Crippen molar-refractivity contribution >= 4 is 27.5 Å². The number of piperazine rings is 1. The Kier molecular flexibility index (Phi) is 7.23. The number of nitrogens with one attached hydrogen (secondary N) is 1. The van der Waals surface area contributed by atoms with E-state index in [1.807, 2.05) is 0 Å². The molecule has 1 spiro atoms. The number of anilines is 1. The highest BCUT2D eigenvalue weighted by Gasteiger charge is 2.71. The summed E-state index contributed by atoms with van der Waals surface area (Å²) in [5.41, 5.74) is -1.48. The van der Waals surface area contributed by atoms with Crippen LogP contribution in [0.15, 0.2) is 30.3 Å². The predicted molar refractivity (Wildman–Crippen MR) is 184 cm³/mol. The van der Waals surface area contributed by atoms with E-state index in [2.05, 4.69) is 32.1 Å². The molecule has 0 radical (unpaired) electrons. The van der Waals surface area contributed by atoms with Gasteiger partial charge in [0, 0.05) is 66.4 Å². The molecule has 2 aliphatic carbocycles. The standard InChI is InChI=1S/C39H36F4N6O2/c1-2-27-30(40)7-4-22-12-26(50)14-28(31(22)27)32-23(15-44)13-29-34(33(32)41)46-36(47-35(29)49-16-24-5-6-25(17-49)45-24)51-21-37(9-10-37)19-48-11-3-8-38(20-48)18-39(38,42)43/h1,4,7,12-14,24-25,45,50H,3,5-6,8-11,16-21H2. The number of piperidine rings is 1. The summed E-state index contributed by atoms with van der Waals surface area (Å²) in [6, 6.07) is 9.40. The van der Waals surface area contributed by atoms with E-state index >= 15 is 4.39 Å². The van der Waals surface area contributed by atoms with E-state index in [-0.39, 0.29) is 75.4 Å². The molecular formula is C39H36F4N6O2. The monoisotopic (exact) mass is 696 g/mol. The third-order valence-electron chi connectivity index (χ3n) is 11.9. The Labute approximate surface area is 292 Å². The third kappa shape index (κ3) is 5.34. The van der Waals surface area contributed by atoms with Gasteiger partial charge in [-0.1, -0.05) is 12.0 Å². The second kappa shape index (κ2) is 11.4. The molecule has 262 valence electrons. The number of hydrogen-bond acceptors (Lipinski definition) is 8. The molecule has 3 aliphatic heterocycles. The number of aromatic nitrogens is 2. The van der Waals surface area contributed by atoms with Crippen molar-refractivity contribution < 1.29 is 27.4 Å². The Morgan fingerprint density at radius 2 is 1.84 bits per heavy atom. The molecule has 3 saturated heterocycles. The molecule has 4 heterocycles. The van der Waals surface area contributed by atoms with Crippen molar-refractivity contribution in [2.24, 2.45) is 10.8 Å². The van der Waals surface area contributed by atoms with Crippen LogP contribution in [0.3, 0.4) is 0 Å². The van der Waals surface area contributed by atoms with Crippen molar-refractivity contribution in [1.29, 1.82) is 5.26 Å². The first kappa shape index (κ1) is 32.3. The summed E-state index contributed by atoms with van der Waals surface area (Å²) in [5, 5.41) is 25.6. The van der Waals surface area contributed by atoms with Crippen LogP contribution in [0.4, 0.5) is 23.4 Å². The number of nitrogens with zero attached hydrogens (tertiary/aromatic N) is 5. The lowest BCUT2D eigenvalue weighted by atomic mass is 9.90. The Hall–Kier alpha value is -4.65. The average molecular weight is 697 g/mol. The molecule has 3 unspecified atom stereocenters. The van der Waals surface area contributed by atoms with Gasteiger partial charge in [0.25, 0.3) is 5.92 Å². The van der Waals surface area contributed by atoms with E-state index in [9.17, 15) is 23.5 Å². The molecule has 0 amide bonds. The highest BCUT2D eigenvalue weighted by Crippen LogP contribution is 2.65. The molecular weight excluding hydrogens is 660 g/mol. The van der Waals surface area contributed by atoms with E-state index in [1.54, 1.807) is 6.07 Å². The zero-order valence-electron chi connectivity index (χ0n) is 27.9. The number of phenolic OH excluding ortho intramolecular Hbond substituents is 1. The first-order valence-electron chi connectivity index (χ1n) is 17.6.